The zero-order chi connectivity index (χ0) is 9.56. The van der Waals surface area contributed by atoms with Crippen LogP contribution in [0.2, 0.25) is 0 Å². The summed E-state index contributed by atoms with van der Waals surface area (Å²) in [5.74, 6) is -2.90. The molecular formula is C7H12O5. The third-order valence-corrected chi connectivity index (χ3v) is 1.29. The van der Waals surface area contributed by atoms with Crippen molar-refractivity contribution in [3.05, 3.63) is 0 Å². The first-order valence-electron chi connectivity index (χ1n) is 3.59. The van der Waals surface area contributed by atoms with Crippen molar-refractivity contribution >= 4 is 11.9 Å². The molecule has 0 aromatic carbocycles. The second-order valence-corrected chi connectivity index (χ2v) is 2.24. The van der Waals surface area contributed by atoms with Crippen LogP contribution >= 0.6 is 0 Å². The molecule has 70 valence electrons. The van der Waals surface area contributed by atoms with E-state index in [0.29, 0.717) is 0 Å². The summed E-state index contributed by atoms with van der Waals surface area (Å²) in [5.41, 5.74) is 0. The molecule has 12 heavy (non-hydrogen) atoms. The van der Waals surface area contributed by atoms with Crippen molar-refractivity contribution in [1.29, 1.82) is 0 Å². The van der Waals surface area contributed by atoms with E-state index < -0.39 is 11.9 Å². The van der Waals surface area contributed by atoms with E-state index in [0.717, 1.165) is 6.42 Å². The van der Waals surface area contributed by atoms with Crippen molar-refractivity contribution in [3.8, 4) is 0 Å². The maximum atomic E-state index is 10.3. The van der Waals surface area contributed by atoms with Crippen molar-refractivity contribution in [2.24, 2.45) is 0 Å². The number of ether oxygens (including phenoxy) is 2. The predicted octanol–water partition coefficient (Wildman–Crippen LogP) is 0.387. The highest BCUT2D eigenvalue weighted by atomic mass is 16.7. The van der Waals surface area contributed by atoms with Gasteiger partial charge in [-0.1, -0.05) is 6.92 Å². The molecule has 0 aromatic heterocycles. The lowest BCUT2D eigenvalue weighted by atomic mass is 10.3. The third kappa shape index (κ3) is 4.68. The van der Waals surface area contributed by atoms with E-state index in [9.17, 15) is 9.59 Å². The van der Waals surface area contributed by atoms with Gasteiger partial charge in [0.1, 0.15) is 0 Å². The minimum absolute atomic E-state index is 0.0356. The van der Waals surface area contributed by atoms with Gasteiger partial charge in [-0.2, -0.15) is 0 Å². The quantitative estimate of drug-likeness (QED) is 0.381. The van der Waals surface area contributed by atoms with Crippen LogP contribution in [0.1, 0.15) is 20.3 Å². The van der Waals surface area contributed by atoms with Crippen molar-refractivity contribution in [2.75, 3.05) is 6.79 Å². The van der Waals surface area contributed by atoms with Crippen molar-refractivity contribution in [2.45, 2.75) is 26.4 Å². The van der Waals surface area contributed by atoms with Crippen LogP contribution in [0.3, 0.4) is 0 Å². The molecule has 0 aliphatic heterocycles. The van der Waals surface area contributed by atoms with Crippen molar-refractivity contribution in [3.63, 3.8) is 0 Å². The molecule has 1 unspecified atom stereocenters. The number of carbonyl (C=O) groups is 2. The van der Waals surface area contributed by atoms with Gasteiger partial charge in [0, 0.05) is 0 Å². The van der Waals surface area contributed by atoms with Crippen LogP contribution in [0.15, 0.2) is 0 Å². The van der Waals surface area contributed by atoms with E-state index in [-0.39, 0.29) is 12.9 Å². The molecule has 0 fully saturated rings. The summed E-state index contributed by atoms with van der Waals surface area (Å²) < 4.78 is 9.12. The van der Waals surface area contributed by atoms with Gasteiger partial charge in [0.15, 0.2) is 6.79 Å². The summed E-state index contributed by atoms with van der Waals surface area (Å²) in [6.45, 7) is 3.40. The second kappa shape index (κ2) is 5.54. The van der Waals surface area contributed by atoms with Gasteiger partial charge in [-0.25, -0.2) is 9.59 Å². The van der Waals surface area contributed by atoms with Crippen LogP contribution in [0.4, 0.5) is 0 Å². The molecular weight excluding hydrogens is 164 g/mol. The minimum Gasteiger partial charge on any atom is -0.473 e. The number of carbonyl (C=O) groups excluding carboxylic acids is 1. The molecule has 0 spiro atoms. The summed E-state index contributed by atoms with van der Waals surface area (Å²) in [4.78, 5) is 20.2. The number of esters is 1. The summed E-state index contributed by atoms with van der Waals surface area (Å²) in [7, 11) is 0. The molecule has 5 nitrogen and oxygen atoms in total. The summed E-state index contributed by atoms with van der Waals surface area (Å²) in [6, 6.07) is 0. The molecule has 0 amide bonds. The number of hydrogen-bond donors (Lipinski definition) is 1. The fraction of sp³-hybridized carbons (Fsp3) is 0.714. The second-order valence-electron chi connectivity index (χ2n) is 2.24. The van der Waals surface area contributed by atoms with Crippen molar-refractivity contribution in [1.82, 2.24) is 0 Å². The highest BCUT2D eigenvalue weighted by Gasteiger charge is 2.12. The Morgan fingerprint density at radius 2 is 2.08 bits per heavy atom. The highest BCUT2D eigenvalue weighted by molar-refractivity contribution is 6.28. The van der Waals surface area contributed by atoms with E-state index >= 15 is 0 Å². The van der Waals surface area contributed by atoms with Crippen LogP contribution in [0.5, 0.6) is 0 Å². The molecule has 1 N–H and O–H groups in total. The smallest absolute Gasteiger partial charge is 0.419 e. The van der Waals surface area contributed by atoms with Crippen LogP contribution in [0.25, 0.3) is 0 Å². The number of carboxylic acid groups (broad SMARTS) is 1. The molecule has 0 saturated heterocycles. The minimum atomic E-state index is -1.61. The Kier molecular flexibility index (Phi) is 5.03. The molecule has 1 atom stereocenters. The number of hydrogen-bond acceptors (Lipinski definition) is 4. The topological polar surface area (TPSA) is 72.8 Å². The number of rotatable bonds is 4. The van der Waals surface area contributed by atoms with Gasteiger partial charge in [-0.3, -0.25) is 0 Å². The summed E-state index contributed by atoms with van der Waals surface area (Å²) >= 11 is 0. The molecule has 0 aliphatic rings. The standard InChI is InChI=1S/C7H12O5/c1-3-5(2)11-4-12-7(10)6(8)9/h5H,3-4H2,1-2H3,(H,8,9). The first-order chi connectivity index (χ1) is 5.57. The van der Waals surface area contributed by atoms with Crippen molar-refractivity contribution < 1.29 is 24.2 Å². The SMILES string of the molecule is CCC(C)OCOC(=O)C(=O)O. The lowest BCUT2D eigenvalue weighted by Crippen LogP contribution is -2.19. The lowest BCUT2D eigenvalue weighted by Gasteiger charge is -2.09. The van der Waals surface area contributed by atoms with Gasteiger partial charge in [-0.15, -0.1) is 0 Å². The summed E-state index contributed by atoms with van der Waals surface area (Å²) in [5, 5.41) is 8.07. The largest absolute Gasteiger partial charge is 0.473 e. The van der Waals surface area contributed by atoms with Crippen LogP contribution < -0.4 is 0 Å². The predicted molar refractivity (Wildman–Crippen MR) is 39.4 cm³/mol. The van der Waals surface area contributed by atoms with Gasteiger partial charge < -0.3 is 14.6 Å². The van der Waals surface area contributed by atoms with Gasteiger partial charge in [0.25, 0.3) is 0 Å². The molecule has 0 rings (SSSR count). The highest BCUT2D eigenvalue weighted by Crippen LogP contribution is 1.95. The van der Waals surface area contributed by atoms with E-state index in [1.165, 1.54) is 0 Å². The molecule has 0 aliphatic carbocycles. The van der Waals surface area contributed by atoms with Gasteiger partial charge in [-0.05, 0) is 13.3 Å². The first-order valence-corrected chi connectivity index (χ1v) is 3.59. The summed E-state index contributed by atoms with van der Waals surface area (Å²) in [6.07, 6.45) is 0.747. The van der Waals surface area contributed by atoms with Gasteiger partial charge in [0.05, 0.1) is 6.10 Å². The normalized spacial score (nSPS) is 12.2. The zero-order valence-corrected chi connectivity index (χ0v) is 7.07. The van der Waals surface area contributed by atoms with Crippen LogP contribution in [0, 0.1) is 0 Å². The Bertz CT molecular complexity index is 165. The Hall–Kier alpha value is -1.10. The molecule has 5 heteroatoms. The maximum absolute atomic E-state index is 10.3. The third-order valence-electron chi connectivity index (χ3n) is 1.29. The van der Waals surface area contributed by atoms with Gasteiger partial charge >= 0.3 is 11.9 Å². The van der Waals surface area contributed by atoms with E-state index in [4.69, 9.17) is 9.84 Å². The molecule has 0 heterocycles. The Morgan fingerprint density at radius 3 is 2.50 bits per heavy atom. The Labute approximate surface area is 70.3 Å². The number of carboxylic acids is 1. The average Bonchev–Trinajstić information content (AvgIpc) is 2.03. The fourth-order valence-electron chi connectivity index (χ4n) is 0.383. The molecule has 0 aromatic rings. The average molecular weight is 176 g/mol. The van der Waals surface area contributed by atoms with E-state index in [2.05, 4.69) is 4.74 Å². The molecule has 0 radical (unpaired) electrons. The lowest BCUT2D eigenvalue weighted by molar-refractivity contribution is -0.174. The fourth-order valence-corrected chi connectivity index (χ4v) is 0.383. The van der Waals surface area contributed by atoms with Gasteiger partial charge in [0.2, 0.25) is 0 Å². The maximum Gasteiger partial charge on any atom is 0.419 e. The number of aliphatic carboxylic acids is 1. The Morgan fingerprint density at radius 1 is 1.50 bits per heavy atom. The van der Waals surface area contributed by atoms with Crippen LogP contribution in [-0.4, -0.2) is 29.9 Å². The first kappa shape index (κ1) is 10.9. The zero-order valence-electron chi connectivity index (χ0n) is 7.07. The monoisotopic (exact) mass is 176 g/mol. The molecule has 0 saturated carbocycles. The van der Waals surface area contributed by atoms with E-state index in [1.807, 2.05) is 6.92 Å². The van der Waals surface area contributed by atoms with E-state index in [1.54, 1.807) is 6.92 Å². The van der Waals surface area contributed by atoms with Crippen LogP contribution in [-0.2, 0) is 19.1 Å². The Balaban J connectivity index is 3.44. The molecule has 0 bridgehead atoms.